The van der Waals surface area contributed by atoms with Crippen LogP contribution in [0.3, 0.4) is 0 Å². The molecule has 0 saturated carbocycles. The van der Waals surface area contributed by atoms with E-state index in [0.717, 1.165) is 29.0 Å². The van der Waals surface area contributed by atoms with Gasteiger partial charge in [-0.25, -0.2) is 9.59 Å². The van der Waals surface area contributed by atoms with Gasteiger partial charge in [0.25, 0.3) is 0 Å². The van der Waals surface area contributed by atoms with Crippen LogP contribution in [0.5, 0.6) is 11.5 Å². The number of carbonyl (C=O) groups excluding carboxylic acids is 2. The molecule has 0 aliphatic heterocycles. The molecule has 0 N–H and O–H groups in total. The monoisotopic (exact) mass is 498 g/mol. The molecule has 2 rings (SSSR count). The molecule has 6 nitrogen and oxygen atoms in total. The third-order valence-corrected chi connectivity index (χ3v) is 3.90. The first-order valence-corrected chi connectivity index (χ1v) is 9.58. The van der Waals surface area contributed by atoms with Gasteiger partial charge in [0.1, 0.15) is 5.75 Å². The Morgan fingerprint density at radius 1 is 0.774 bits per heavy atom. The van der Waals surface area contributed by atoms with Gasteiger partial charge in [0.15, 0.2) is 0 Å². The summed E-state index contributed by atoms with van der Waals surface area (Å²) in [5, 5.41) is 0. The molecule has 0 atom stereocenters. The van der Waals surface area contributed by atoms with Crippen LogP contribution < -0.4 is 9.47 Å². The number of benzene rings is 2. The van der Waals surface area contributed by atoms with E-state index in [1.165, 1.54) is 0 Å². The van der Waals surface area contributed by atoms with Crippen LogP contribution in [0.1, 0.15) is 12.8 Å². The Bertz CT molecular complexity index is 759. The molecule has 0 amide bonds. The minimum Gasteiger partial charge on any atom is -0.519 e. The maximum atomic E-state index is 10.9. The van der Waals surface area contributed by atoms with Crippen LogP contribution in [-0.4, -0.2) is 38.4 Å². The Morgan fingerprint density at radius 2 is 1.32 bits per heavy atom. The van der Waals surface area contributed by atoms with Crippen molar-refractivity contribution in [3.63, 3.8) is 0 Å². The van der Waals surface area contributed by atoms with Crippen molar-refractivity contribution in [1.82, 2.24) is 0 Å². The van der Waals surface area contributed by atoms with Gasteiger partial charge in [0.05, 0.1) is 26.4 Å². The molecule has 0 aliphatic carbocycles. The topological polar surface area (TPSA) is 71.1 Å². The van der Waals surface area contributed by atoms with Crippen molar-refractivity contribution in [3.05, 3.63) is 73.8 Å². The normalized spacial score (nSPS) is 9.68. The summed E-state index contributed by atoms with van der Waals surface area (Å²) >= 11 is 0. The zero-order valence-electron chi connectivity index (χ0n) is 17.4. The Kier molecular flexibility index (Phi) is 13.2. The number of ether oxygens (including phenoxy) is 4. The molecule has 0 saturated heterocycles. The second kappa shape index (κ2) is 15.4. The Labute approximate surface area is 208 Å². The smallest absolute Gasteiger partial charge is 0.330 e. The van der Waals surface area contributed by atoms with E-state index < -0.39 is 11.9 Å². The molecule has 0 aliphatic rings. The van der Waals surface area contributed by atoms with Crippen molar-refractivity contribution in [2.45, 2.75) is 12.8 Å². The average molecular weight is 498 g/mol. The first-order valence-electron chi connectivity index (χ1n) is 9.58. The zero-order valence-corrected chi connectivity index (χ0v) is 20.2. The number of hydrogen-bond acceptors (Lipinski definition) is 6. The molecule has 2 aromatic rings. The van der Waals surface area contributed by atoms with Gasteiger partial charge >= 0.3 is 11.9 Å². The van der Waals surface area contributed by atoms with E-state index in [0.29, 0.717) is 38.4 Å². The summed E-state index contributed by atoms with van der Waals surface area (Å²) in [4.78, 5) is 21.9. The minimum absolute atomic E-state index is 0. The maximum absolute atomic E-state index is 10.9. The van der Waals surface area contributed by atoms with Gasteiger partial charge in [-0.05, 0) is 12.1 Å². The van der Waals surface area contributed by atoms with Crippen LogP contribution in [0.4, 0.5) is 0 Å². The van der Waals surface area contributed by atoms with E-state index in [9.17, 15) is 9.59 Å². The second-order valence-electron chi connectivity index (χ2n) is 6.11. The van der Waals surface area contributed by atoms with Crippen LogP contribution in [0.25, 0.3) is 11.1 Å². The van der Waals surface area contributed by atoms with Gasteiger partial charge in [-0.1, -0.05) is 30.9 Å². The molecular weight excluding hydrogens is 473 g/mol. The van der Waals surface area contributed by atoms with Crippen LogP contribution in [-0.2, 0) is 51.8 Å². The van der Waals surface area contributed by atoms with Crippen LogP contribution >= 0.6 is 0 Å². The molecule has 7 heteroatoms. The summed E-state index contributed by atoms with van der Waals surface area (Å²) in [6.07, 6.45) is 3.47. The van der Waals surface area contributed by atoms with Crippen LogP contribution in [0.15, 0.2) is 67.8 Å². The molecule has 1 radical (unpaired) electrons. The summed E-state index contributed by atoms with van der Waals surface area (Å²) < 4.78 is 21.0. The van der Waals surface area contributed by atoms with Crippen molar-refractivity contribution in [1.29, 1.82) is 0 Å². The number of rotatable bonds is 13. The largest absolute Gasteiger partial charge is 0.519 e. The predicted octanol–water partition coefficient (Wildman–Crippen LogP) is 4.15. The van der Waals surface area contributed by atoms with Crippen molar-refractivity contribution in [2.75, 3.05) is 26.4 Å². The van der Waals surface area contributed by atoms with Gasteiger partial charge in [0.2, 0.25) is 0 Å². The first-order chi connectivity index (χ1) is 14.6. The first kappa shape index (κ1) is 26.6. The zero-order chi connectivity index (χ0) is 21.6. The molecule has 31 heavy (non-hydrogen) atoms. The second-order valence-corrected chi connectivity index (χ2v) is 6.11. The molecule has 2 aromatic carbocycles. The third kappa shape index (κ3) is 10.4. The Morgan fingerprint density at radius 3 is 1.84 bits per heavy atom. The standard InChI is InChI=1S/C24H25O6.Y/c1-3-23(25)29-17-5-15-27-21-11-7-19(8-12-21)20-9-13-22(14-10-20)28-16-6-18-30-24(26)4-2;/h3-4,7-13H,1-2,5-6,15-18H2;/q-1;. The van der Waals surface area contributed by atoms with E-state index in [4.69, 9.17) is 18.9 Å². The van der Waals surface area contributed by atoms with E-state index in [1.54, 1.807) is 0 Å². The predicted molar refractivity (Wildman–Crippen MR) is 113 cm³/mol. The fraction of sp³-hybridized carbons (Fsp3) is 0.250. The molecule has 161 valence electrons. The molecule has 0 aromatic heterocycles. The quantitative estimate of drug-likeness (QED) is 0.179. The third-order valence-electron chi connectivity index (χ3n) is 3.90. The van der Waals surface area contributed by atoms with E-state index in [1.807, 2.05) is 42.5 Å². The molecule has 0 unspecified atom stereocenters. The summed E-state index contributed by atoms with van der Waals surface area (Å²) in [7, 11) is 0. The summed E-state index contributed by atoms with van der Waals surface area (Å²) in [6, 6.07) is 16.5. The molecular formula is C24H25O6Y-. The van der Waals surface area contributed by atoms with Crippen LogP contribution in [0, 0.1) is 6.07 Å². The minimum atomic E-state index is -0.434. The summed E-state index contributed by atoms with van der Waals surface area (Å²) in [5.74, 6) is 0.513. The Hall–Kier alpha value is -2.44. The van der Waals surface area contributed by atoms with Crippen molar-refractivity contribution in [3.8, 4) is 22.6 Å². The summed E-state index contributed by atoms with van der Waals surface area (Å²) in [6.45, 7) is 8.15. The van der Waals surface area contributed by atoms with Gasteiger partial charge in [-0.15, -0.1) is 17.7 Å². The van der Waals surface area contributed by atoms with Crippen molar-refractivity contribution < 1.29 is 61.2 Å². The molecule has 0 heterocycles. The fourth-order valence-electron chi connectivity index (χ4n) is 2.38. The van der Waals surface area contributed by atoms with Crippen molar-refractivity contribution in [2.24, 2.45) is 0 Å². The average Bonchev–Trinajstić information content (AvgIpc) is 2.79. The molecule has 0 bridgehead atoms. The van der Waals surface area contributed by atoms with Gasteiger partial charge < -0.3 is 18.9 Å². The Balaban J connectivity index is 0.00000480. The molecule has 0 fully saturated rings. The van der Waals surface area contributed by atoms with Gasteiger partial charge in [-0.3, -0.25) is 0 Å². The SMILES string of the molecule is C=CC(=O)OCCCOc1[c-]cc(-c2ccc(OCCCOC(=O)C=C)cc2)cc1.[Y]. The van der Waals surface area contributed by atoms with Crippen molar-refractivity contribution >= 4 is 11.9 Å². The number of esters is 2. The van der Waals surface area contributed by atoms with Gasteiger partial charge in [0, 0.05) is 63.5 Å². The number of carbonyl (C=O) groups is 2. The number of hydrogen-bond donors (Lipinski definition) is 0. The molecule has 0 spiro atoms. The van der Waals surface area contributed by atoms with E-state index in [-0.39, 0.29) is 39.3 Å². The van der Waals surface area contributed by atoms with E-state index >= 15 is 0 Å². The maximum Gasteiger partial charge on any atom is 0.330 e. The fourth-order valence-corrected chi connectivity index (χ4v) is 2.38. The van der Waals surface area contributed by atoms with Gasteiger partial charge in [-0.2, -0.15) is 12.1 Å². The van der Waals surface area contributed by atoms with E-state index in [2.05, 4.69) is 19.2 Å². The van der Waals surface area contributed by atoms with Crippen LogP contribution in [0.2, 0.25) is 0 Å². The summed E-state index contributed by atoms with van der Waals surface area (Å²) in [5.41, 5.74) is 2.03.